The second-order valence-corrected chi connectivity index (χ2v) is 7.25. The molecule has 0 bridgehead atoms. The monoisotopic (exact) mass is 440 g/mol. The van der Waals surface area contributed by atoms with Gasteiger partial charge in [-0.25, -0.2) is 9.78 Å². The van der Waals surface area contributed by atoms with Gasteiger partial charge < -0.3 is 30.0 Å². The van der Waals surface area contributed by atoms with Crippen molar-refractivity contribution in [2.45, 2.75) is 57.5 Å². The summed E-state index contributed by atoms with van der Waals surface area (Å²) >= 11 is 6.03. The first-order valence-electron chi connectivity index (χ1n) is 9.96. The van der Waals surface area contributed by atoms with Crippen molar-refractivity contribution >= 4 is 23.5 Å². The van der Waals surface area contributed by atoms with Gasteiger partial charge in [-0.15, -0.1) is 0 Å². The van der Waals surface area contributed by atoms with E-state index in [4.69, 9.17) is 30.9 Å². The standard InChI is InChI=1S/C20H29ClN4O5/c1-4-29-16(30-5-2)7-6-14-12-22-18(21)24-17(14)25-20(13-23-19(26)27)10-8-15(28-3)9-11-20/h12,15-16,23H,4-5,8-11,13H2,1-3H3,(H,26,27)(H,22,24,25)/t15-,20+. The second-order valence-electron chi connectivity index (χ2n) is 6.91. The molecule has 1 fully saturated rings. The SMILES string of the molecule is CCOC(C#Cc1cnc(Cl)nc1N[C@]1(CNC(=O)O)CC[C@H](OC)CC1)OCC. The number of halogens is 1. The molecule has 1 aliphatic rings. The second kappa shape index (κ2) is 11.9. The summed E-state index contributed by atoms with van der Waals surface area (Å²) in [4.78, 5) is 19.4. The zero-order valence-electron chi connectivity index (χ0n) is 17.5. The minimum atomic E-state index is -1.08. The molecule has 1 amide bonds. The number of rotatable bonds is 9. The minimum Gasteiger partial charge on any atom is -0.465 e. The topological polar surface area (TPSA) is 115 Å². The number of carbonyl (C=O) groups is 1. The van der Waals surface area contributed by atoms with Crippen LogP contribution in [0.1, 0.15) is 45.1 Å². The number of ether oxygens (including phenoxy) is 3. The molecule has 1 aromatic rings. The van der Waals surface area contributed by atoms with Gasteiger partial charge in [0.05, 0.1) is 17.2 Å². The summed E-state index contributed by atoms with van der Waals surface area (Å²) < 4.78 is 16.4. The van der Waals surface area contributed by atoms with Crippen molar-refractivity contribution in [3.63, 3.8) is 0 Å². The van der Waals surface area contributed by atoms with Crippen molar-refractivity contribution in [3.05, 3.63) is 17.0 Å². The van der Waals surface area contributed by atoms with E-state index in [1.54, 1.807) is 7.11 Å². The summed E-state index contributed by atoms with van der Waals surface area (Å²) in [6.45, 7) is 4.87. The van der Waals surface area contributed by atoms with Crippen molar-refractivity contribution in [2.75, 3.05) is 32.2 Å². The Morgan fingerprint density at radius 3 is 2.60 bits per heavy atom. The van der Waals surface area contributed by atoms with Crippen LogP contribution < -0.4 is 10.6 Å². The maximum absolute atomic E-state index is 11.1. The Hall–Kier alpha value is -2.12. The van der Waals surface area contributed by atoms with Crippen LogP contribution in [0, 0.1) is 11.8 Å². The number of methoxy groups -OCH3 is 1. The number of carboxylic acid groups (broad SMARTS) is 1. The molecule has 0 aromatic carbocycles. The number of aromatic nitrogens is 2. The largest absolute Gasteiger partial charge is 0.465 e. The van der Waals surface area contributed by atoms with Crippen LogP contribution in [0.15, 0.2) is 6.20 Å². The molecule has 0 radical (unpaired) electrons. The highest BCUT2D eigenvalue weighted by molar-refractivity contribution is 6.28. The fourth-order valence-electron chi connectivity index (χ4n) is 3.34. The Kier molecular flexibility index (Phi) is 9.59. The predicted molar refractivity (Wildman–Crippen MR) is 113 cm³/mol. The van der Waals surface area contributed by atoms with E-state index in [9.17, 15) is 4.79 Å². The molecule has 0 spiro atoms. The van der Waals surface area contributed by atoms with Crippen LogP contribution in [0.25, 0.3) is 0 Å². The summed E-state index contributed by atoms with van der Waals surface area (Å²) in [6, 6.07) is 0. The van der Waals surface area contributed by atoms with Gasteiger partial charge in [0, 0.05) is 33.1 Å². The van der Waals surface area contributed by atoms with E-state index < -0.39 is 17.9 Å². The van der Waals surface area contributed by atoms with Gasteiger partial charge in [0.25, 0.3) is 0 Å². The number of anilines is 1. The van der Waals surface area contributed by atoms with Crippen LogP contribution in [0.4, 0.5) is 10.6 Å². The molecular weight excluding hydrogens is 412 g/mol. The Morgan fingerprint density at radius 2 is 2.03 bits per heavy atom. The summed E-state index contributed by atoms with van der Waals surface area (Å²) in [6.07, 6.45) is 2.91. The van der Waals surface area contributed by atoms with Crippen molar-refractivity contribution in [1.29, 1.82) is 0 Å². The molecule has 1 saturated carbocycles. The summed E-state index contributed by atoms with van der Waals surface area (Å²) in [7, 11) is 1.69. The fraction of sp³-hybridized carbons (Fsp3) is 0.650. The molecule has 0 saturated heterocycles. The quantitative estimate of drug-likeness (QED) is 0.305. The Bertz CT molecular complexity index is 753. The van der Waals surface area contributed by atoms with Gasteiger partial charge in [0.2, 0.25) is 11.6 Å². The van der Waals surface area contributed by atoms with Gasteiger partial charge in [-0.2, -0.15) is 4.98 Å². The zero-order chi connectivity index (χ0) is 22.0. The first-order chi connectivity index (χ1) is 14.4. The molecule has 0 aliphatic heterocycles. The normalized spacial score (nSPS) is 21.0. The van der Waals surface area contributed by atoms with E-state index in [0.29, 0.717) is 37.4 Å². The molecule has 0 unspecified atom stereocenters. The maximum atomic E-state index is 11.1. The number of nitrogens with one attached hydrogen (secondary N) is 2. The molecule has 30 heavy (non-hydrogen) atoms. The molecule has 0 atom stereocenters. The summed E-state index contributed by atoms with van der Waals surface area (Å²) in [5, 5.41) is 15.1. The van der Waals surface area contributed by atoms with Crippen LogP contribution in [-0.2, 0) is 14.2 Å². The lowest BCUT2D eigenvalue weighted by atomic mass is 9.80. The van der Waals surface area contributed by atoms with Crippen LogP contribution in [-0.4, -0.2) is 66.0 Å². The van der Waals surface area contributed by atoms with Crippen molar-refractivity contribution < 1.29 is 24.1 Å². The van der Waals surface area contributed by atoms with Crippen molar-refractivity contribution in [1.82, 2.24) is 15.3 Å². The Morgan fingerprint density at radius 1 is 1.37 bits per heavy atom. The average Bonchev–Trinajstić information content (AvgIpc) is 2.72. The third-order valence-corrected chi connectivity index (χ3v) is 5.09. The lowest BCUT2D eigenvalue weighted by molar-refractivity contribution is -0.0969. The molecule has 2 rings (SSSR count). The van der Waals surface area contributed by atoms with E-state index >= 15 is 0 Å². The van der Waals surface area contributed by atoms with E-state index in [0.717, 1.165) is 12.8 Å². The van der Waals surface area contributed by atoms with Gasteiger partial charge in [-0.3, -0.25) is 0 Å². The van der Waals surface area contributed by atoms with Gasteiger partial charge in [0.1, 0.15) is 5.82 Å². The van der Waals surface area contributed by atoms with Crippen LogP contribution in [0.2, 0.25) is 5.28 Å². The van der Waals surface area contributed by atoms with E-state index in [-0.39, 0.29) is 17.9 Å². The minimum absolute atomic E-state index is 0.0705. The highest BCUT2D eigenvalue weighted by Crippen LogP contribution is 2.33. The zero-order valence-corrected chi connectivity index (χ0v) is 18.3. The molecule has 10 heteroatoms. The van der Waals surface area contributed by atoms with E-state index in [1.165, 1.54) is 6.20 Å². The number of nitrogens with zero attached hydrogens (tertiary/aromatic N) is 2. The summed E-state index contributed by atoms with van der Waals surface area (Å²) in [5.41, 5.74) is -0.0202. The Balaban J connectivity index is 2.29. The first-order valence-corrected chi connectivity index (χ1v) is 10.3. The third-order valence-electron chi connectivity index (χ3n) is 4.90. The molecule has 3 N–H and O–H groups in total. The smallest absolute Gasteiger partial charge is 0.404 e. The van der Waals surface area contributed by atoms with Gasteiger partial charge in [-0.05, 0) is 57.1 Å². The summed E-state index contributed by atoms with van der Waals surface area (Å²) in [5.74, 6) is 6.36. The molecule has 1 aromatic heterocycles. The van der Waals surface area contributed by atoms with Crippen LogP contribution in [0.3, 0.4) is 0 Å². The fourth-order valence-corrected chi connectivity index (χ4v) is 3.47. The highest BCUT2D eigenvalue weighted by atomic mass is 35.5. The van der Waals surface area contributed by atoms with Gasteiger partial charge in [0.15, 0.2) is 0 Å². The van der Waals surface area contributed by atoms with Crippen molar-refractivity contribution in [2.24, 2.45) is 0 Å². The third kappa shape index (κ3) is 7.29. The predicted octanol–water partition coefficient (Wildman–Crippen LogP) is 2.89. The lowest BCUT2D eigenvalue weighted by Crippen LogP contribution is -2.52. The number of hydrogen-bond donors (Lipinski definition) is 3. The van der Waals surface area contributed by atoms with E-state index in [1.807, 2.05) is 13.8 Å². The maximum Gasteiger partial charge on any atom is 0.404 e. The van der Waals surface area contributed by atoms with Crippen LogP contribution >= 0.6 is 11.6 Å². The highest BCUT2D eigenvalue weighted by Gasteiger charge is 2.36. The van der Waals surface area contributed by atoms with Gasteiger partial charge in [-0.1, -0.05) is 5.92 Å². The average molecular weight is 441 g/mol. The van der Waals surface area contributed by atoms with Gasteiger partial charge >= 0.3 is 6.09 Å². The molecule has 1 aliphatic carbocycles. The Labute approximate surface area is 181 Å². The molecule has 166 valence electrons. The van der Waals surface area contributed by atoms with E-state index in [2.05, 4.69) is 32.4 Å². The number of amides is 1. The van der Waals surface area contributed by atoms with Crippen LogP contribution in [0.5, 0.6) is 0 Å². The molecule has 9 nitrogen and oxygen atoms in total. The lowest BCUT2D eigenvalue weighted by Gasteiger charge is -2.41. The first kappa shape index (κ1) is 24.2. The molecular formula is C20H29ClN4O5. The molecule has 1 heterocycles. The number of hydrogen-bond acceptors (Lipinski definition) is 7. The van der Waals surface area contributed by atoms with Crippen molar-refractivity contribution in [3.8, 4) is 11.8 Å².